The summed E-state index contributed by atoms with van der Waals surface area (Å²) in [4.78, 5) is 12.0. The summed E-state index contributed by atoms with van der Waals surface area (Å²) in [6, 6.07) is 9.59. The number of carbonyl (C=O) groups is 1. The number of nitrogens with one attached hydrogen (secondary N) is 1. The second-order valence-electron chi connectivity index (χ2n) is 6.16. The van der Waals surface area contributed by atoms with Gasteiger partial charge in [0.2, 0.25) is 5.91 Å². The maximum absolute atomic E-state index is 12.0. The lowest BCUT2D eigenvalue weighted by atomic mass is 9.92. The van der Waals surface area contributed by atoms with Crippen LogP contribution in [0.2, 0.25) is 0 Å². The summed E-state index contributed by atoms with van der Waals surface area (Å²) in [5, 5.41) is 11.8. The zero-order valence-electron chi connectivity index (χ0n) is 11.6. The van der Waals surface area contributed by atoms with E-state index in [-0.39, 0.29) is 5.91 Å². The molecule has 0 saturated heterocycles. The molecule has 1 amide bonds. The zero-order chi connectivity index (χ0) is 13.9. The Bertz CT molecular complexity index is 496. The smallest absolute Gasteiger partial charge is 0.224 e. The van der Waals surface area contributed by atoms with Crippen LogP contribution < -0.4 is 5.32 Å². The molecule has 3 nitrogen and oxygen atoms in total. The number of benzene rings is 1. The van der Waals surface area contributed by atoms with Crippen molar-refractivity contribution < 1.29 is 4.79 Å². The molecule has 1 aliphatic carbocycles. The van der Waals surface area contributed by atoms with Crippen LogP contribution in [0.1, 0.15) is 44.2 Å². The molecular formula is C16H20N2O. The molecule has 1 atom stereocenters. The molecule has 1 aromatic rings. The Balaban J connectivity index is 1.86. The lowest BCUT2D eigenvalue weighted by Crippen LogP contribution is -2.34. The van der Waals surface area contributed by atoms with Gasteiger partial charge in [-0.2, -0.15) is 5.26 Å². The maximum atomic E-state index is 12.0. The van der Waals surface area contributed by atoms with Crippen LogP contribution in [0.5, 0.6) is 0 Å². The predicted octanol–water partition coefficient (Wildman–Crippen LogP) is 2.80. The lowest BCUT2D eigenvalue weighted by Gasteiger charge is -2.17. The molecule has 1 unspecified atom stereocenters. The van der Waals surface area contributed by atoms with Gasteiger partial charge in [0, 0.05) is 6.04 Å². The summed E-state index contributed by atoms with van der Waals surface area (Å²) in [6.45, 7) is 4.50. The molecule has 1 fully saturated rings. The number of amides is 1. The molecule has 1 N–H and O–H groups in total. The molecule has 0 aliphatic heterocycles. The van der Waals surface area contributed by atoms with Gasteiger partial charge >= 0.3 is 0 Å². The van der Waals surface area contributed by atoms with Gasteiger partial charge in [-0.05, 0) is 42.4 Å². The van der Waals surface area contributed by atoms with E-state index in [0.29, 0.717) is 23.4 Å². The minimum absolute atomic E-state index is 0.0763. The topological polar surface area (TPSA) is 52.9 Å². The van der Waals surface area contributed by atoms with Crippen molar-refractivity contribution in [2.45, 2.75) is 45.6 Å². The van der Waals surface area contributed by atoms with Crippen LogP contribution in [0.4, 0.5) is 0 Å². The van der Waals surface area contributed by atoms with Crippen molar-refractivity contribution in [1.82, 2.24) is 5.32 Å². The fraction of sp³-hybridized carbons (Fsp3) is 0.500. The highest BCUT2D eigenvalue weighted by Crippen LogP contribution is 2.36. The van der Waals surface area contributed by atoms with Crippen LogP contribution in [0.25, 0.3) is 0 Å². The summed E-state index contributed by atoms with van der Waals surface area (Å²) >= 11 is 0. The largest absolute Gasteiger partial charge is 0.353 e. The van der Waals surface area contributed by atoms with Crippen LogP contribution in [-0.2, 0) is 11.2 Å². The van der Waals surface area contributed by atoms with Gasteiger partial charge in [0.05, 0.1) is 18.1 Å². The van der Waals surface area contributed by atoms with E-state index in [2.05, 4.69) is 25.2 Å². The van der Waals surface area contributed by atoms with Crippen molar-refractivity contribution in [1.29, 1.82) is 5.26 Å². The number of hydrogen-bond donors (Lipinski definition) is 1. The Hall–Kier alpha value is -1.82. The molecule has 0 heterocycles. The summed E-state index contributed by atoms with van der Waals surface area (Å²) in [5.41, 5.74) is 1.93. The highest BCUT2D eigenvalue weighted by molar-refractivity contribution is 5.78. The first-order chi connectivity index (χ1) is 8.98. The zero-order valence-corrected chi connectivity index (χ0v) is 11.6. The average molecular weight is 256 g/mol. The fourth-order valence-electron chi connectivity index (χ4n) is 2.72. The molecule has 1 saturated carbocycles. The number of nitrogens with zero attached hydrogens (tertiary/aromatic N) is 1. The molecule has 19 heavy (non-hydrogen) atoms. The first-order valence-electron chi connectivity index (χ1n) is 6.77. The van der Waals surface area contributed by atoms with E-state index >= 15 is 0 Å². The van der Waals surface area contributed by atoms with Gasteiger partial charge < -0.3 is 5.32 Å². The Morgan fingerprint density at radius 2 is 2.11 bits per heavy atom. The standard InChI is InChI=1S/C16H20N2O/c1-16(2)8-7-14(10-16)18-15(19)9-12-3-5-13(11-17)6-4-12/h3-6,14H,7-10H2,1-2H3,(H,18,19). The van der Waals surface area contributed by atoms with Gasteiger partial charge in [-0.15, -0.1) is 0 Å². The van der Waals surface area contributed by atoms with Crippen LogP contribution in [0.3, 0.4) is 0 Å². The molecule has 1 aliphatic rings. The van der Waals surface area contributed by atoms with Gasteiger partial charge in [-0.3, -0.25) is 4.79 Å². The molecule has 0 radical (unpaired) electrons. The lowest BCUT2D eigenvalue weighted by molar-refractivity contribution is -0.121. The Labute approximate surface area is 114 Å². The summed E-state index contributed by atoms with van der Waals surface area (Å²) in [7, 11) is 0. The minimum atomic E-state index is 0.0763. The monoisotopic (exact) mass is 256 g/mol. The van der Waals surface area contributed by atoms with Crippen molar-refractivity contribution in [2.75, 3.05) is 0 Å². The quantitative estimate of drug-likeness (QED) is 0.904. The van der Waals surface area contributed by atoms with Crippen LogP contribution in [0, 0.1) is 16.7 Å². The first-order valence-corrected chi connectivity index (χ1v) is 6.77. The van der Waals surface area contributed by atoms with Crippen LogP contribution in [-0.4, -0.2) is 11.9 Å². The normalized spacial score (nSPS) is 20.8. The van der Waals surface area contributed by atoms with E-state index in [1.807, 2.05) is 12.1 Å². The SMILES string of the molecule is CC1(C)CCC(NC(=O)Cc2ccc(C#N)cc2)C1. The van der Waals surface area contributed by atoms with E-state index in [1.54, 1.807) is 12.1 Å². The van der Waals surface area contributed by atoms with E-state index in [1.165, 1.54) is 6.42 Å². The van der Waals surface area contributed by atoms with E-state index in [9.17, 15) is 4.79 Å². The molecule has 3 heteroatoms. The molecule has 0 aromatic heterocycles. The van der Waals surface area contributed by atoms with Crippen molar-refractivity contribution >= 4 is 5.91 Å². The van der Waals surface area contributed by atoms with Gasteiger partial charge in [0.15, 0.2) is 0 Å². The molecule has 0 spiro atoms. The van der Waals surface area contributed by atoms with Crippen molar-refractivity contribution in [3.8, 4) is 6.07 Å². The van der Waals surface area contributed by atoms with Gasteiger partial charge in [0.25, 0.3) is 0 Å². The average Bonchev–Trinajstić information content (AvgIpc) is 2.69. The molecular weight excluding hydrogens is 236 g/mol. The Morgan fingerprint density at radius 3 is 2.63 bits per heavy atom. The third-order valence-electron chi connectivity index (χ3n) is 3.78. The molecule has 0 bridgehead atoms. The Kier molecular flexibility index (Phi) is 3.90. The van der Waals surface area contributed by atoms with Crippen LogP contribution >= 0.6 is 0 Å². The van der Waals surface area contributed by atoms with E-state index < -0.39 is 0 Å². The van der Waals surface area contributed by atoms with E-state index in [0.717, 1.165) is 18.4 Å². The van der Waals surface area contributed by atoms with Gasteiger partial charge in [0.1, 0.15) is 0 Å². The summed E-state index contributed by atoms with van der Waals surface area (Å²) < 4.78 is 0. The summed E-state index contributed by atoms with van der Waals surface area (Å²) in [6.07, 6.45) is 3.70. The number of rotatable bonds is 3. The highest BCUT2D eigenvalue weighted by atomic mass is 16.1. The van der Waals surface area contributed by atoms with Gasteiger partial charge in [-0.1, -0.05) is 26.0 Å². The molecule has 100 valence electrons. The molecule has 2 rings (SSSR count). The second-order valence-corrected chi connectivity index (χ2v) is 6.16. The van der Waals surface area contributed by atoms with Crippen LogP contribution in [0.15, 0.2) is 24.3 Å². The predicted molar refractivity (Wildman–Crippen MR) is 74.4 cm³/mol. The van der Waals surface area contributed by atoms with Crippen molar-refractivity contribution in [2.24, 2.45) is 5.41 Å². The van der Waals surface area contributed by atoms with E-state index in [4.69, 9.17) is 5.26 Å². The number of hydrogen-bond acceptors (Lipinski definition) is 2. The maximum Gasteiger partial charge on any atom is 0.224 e. The van der Waals surface area contributed by atoms with Crippen molar-refractivity contribution in [3.63, 3.8) is 0 Å². The van der Waals surface area contributed by atoms with Gasteiger partial charge in [-0.25, -0.2) is 0 Å². The number of carbonyl (C=O) groups excluding carboxylic acids is 1. The fourth-order valence-corrected chi connectivity index (χ4v) is 2.72. The summed E-state index contributed by atoms with van der Waals surface area (Å²) in [5.74, 6) is 0.0763. The third kappa shape index (κ3) is 3.82. The minimum Gasteiger partial charge on any atom is -0.353 e. The number of nitriles is 1. The second kappa shape index (κ2) is 5.44. The first kappa shape index (κ1) is 13.6. The van der Waals surface area contributed by atoms with Crippen molar-refractivity contribution in [3.05, 3.63) is 35.4 Å². The Morgan fingerprint density at radius 1 is 1.42 bits per heavy atom. The third-order valence-corrected chi connectivity index (χ3v) is 3.78. The highest BCUT2D eigenvalue weighted by Gasteiger charge is 2.31. The molecule has 1 aromatic carbocycles.